The molecule has 0 bridgehead atoms. The standard InChI is InChI=1S/C18H18N/c1-19(10-11-19)13-18-16-8-4-2-6-14(16)12-15-7-3-5-9-17(15)18/h2-9,12H,10-11,13H2,1H3/q+1. The Hall–Kier alpha value is -1.86. The average Bonchev–Trinajstić information content (AvgIpc) is 3.16. The first-order valence-corrected chi connectivity index (χ1v) is 6.98. The second kappa shape index (κ2) is 3.82. The molecule has 1 heterocycles. The molecule has 1 heteroatoms. The molecule has 1 saturated heterocycles. The molecule has 0 saturated carbocycles. The summed E-state index contributed by atoms with van der Waals surface area (Å²) in [6, 6.07) is 19.9. The highest BCUT2D eigenvalue weighted by molar-refractivity contribution is 6.02. The summed E-state index contributed by atoms with van der Waals surface area (Å²) in [6.45, 7) is 3.79. The van der Waals surface area contributed by atoms with Gasteiger partial charge in [-0.3, -0.25) is 0 Å². The molecule has 1 fully saturated rings. The summed E-state index contributed by atoms with van der Waals surface area (Å²) in [5.74, 6) is 0. The van der Waals surface area contributed by atoms with Gasteiger partial charge in [0.25, 0.3) is 0 Å². The molecule has 0 spiro atoms. The summed E-state index contributed by atoms with van der Waals surface area (Å²) in [4.78, 5) is 0. The van der Waals surface area contributed by atoms with E-state index in [-0.39, 0.29) is 0 Å². The molecule has 0 amide bonds. The maximum atomic E-state index is 2.36. The van der Waals surface area contributed by atoms with Crippen molar-refractivity contribution in [2.75, 3.05) is 20.1 Å². The summed E-state index contributed by atoms with van der Waals surface area (Å²) in [6.07, 6.45) is 0. The van der Waals surface area contributed by atoms with E-state index in [4.69, 9.17) is 0 Å². The van der Waals surface area contributed by atoms with Gasteiger partial charge >= 0.3 is 0 Å². The summed E-state index contributed by atoms with van der Waals surface area (Å²) >= 11 is 0. The minimum absolute atomic E-state index is 1.15. The average molecular weight is 248 g/mol. The van der Waals surface area contributed by atoms with Gasteiger partial charge in [0.15, 0.2) is 0 Å². The third-order valence-electron chi connectivity index (χ3n) is 4.41. The zero-order chi connectivity index (χ0) is 12.9. The van der Waals surface area contributed by atoms with Crippen LogP contribution in [0.25, 0.3) is 21.5 Å². The molecule has 1 aliphatic heterocycles. The van der Waals surface area contributed by atoms with Gasteiger partial charge in [-0.1, -0.05) is 48.5 Å². The molecular weight excluding hydrogens is 230 g/mol. The summed E-state index contributed by atoms with van der Waals surface area (Å²) in [5, 5.41) is 5.58. The molecule has 0 aromatic heterocycles. The maximum Gasteiger partial charge on any atom is 0.129 e. The van der Waals surface area contributed by atoms with Gasteiger partial charge in [0.05, 0.1) is 7.05 Å². The van der Waals surface area contributed by atoms with Crippen molar-refractivity contribution in [1.29, 1.82) is 0 Å². The van der Waals surface area contributed by atoms with Crippen LogP contribution in [0, 0.1) is 0 Å². The third-order valence-corrected chi connectivity index (χ3v) is 4.41. The number of hydrogen-bond acceptors (Lipinski definition) is 0. The first-order valence-electron chi connectivity index (χ1n) is 6.98. The van der Waals surface area contributed by atoms with Crippen molar-refractivity contribution in [2.24, 2.45) is 0 Å². The predicted molar refractivity (Wildman–Crippen MR) is 81.1 cm³/mol. The van der Waals surface area contributed by atoms with E-state index in [9.17, 15) is 0 Å². The van der Waals surface area contributed by atoms with Crippen LogP contribution >= 0.6 is 0 Å². The lowest BCUT2D eigenvalue weighted by Gasteiger charge is -2.16. The number of benzene rings is 3. The molecule has 0 N–H and O–H groups in total. The minimum Gasteiger partial charge on any atom is -0.313 e. The zero-order valence-corrected chi connectivity index (χ0v) is 11.3. The first kappa shape index (κ1) is 11.0. The Morgan fingerprint density at radius 1 is 0.842 bits per heavy atom. The van der Waals surface area contributed by atoms with Crippen LogP contribution in [0.15, 0.2) is 54.6 Å². The number of nitrogens with zero attached hydrogens (tertiary/aromatic N) is 1. The van der Waals surface area contributed by atoms with Crippen molar-refractivity contribution in [1.82, 2.24) is 0 Å². The highest BCUT2D eigenvalue weighted by atomic mass is 15.4. The van der Waals surface area contributed by atoms with E-state index in [1.165, 1.54) is 44.7 Å². The maximum absolute atomic E-state index is 2.36. The Morgan fingerprint density at radius 3 is 1.89 bits per heavy atom. The number of quaternary nitrogens is 1. The molecule has 0 unspecified atom stereocenters. The second-order valence-corrected chi connectivity index (χ2v) is 6.02. The van der Waals surface area contributed by atoms with E-state index >= 15 is 0 Å². The van der Waals surface area contributed by atoms with Gasteiger partial charge in [-0.2, -0.15) is 0 Å². The quantitative estimate of drug-likeness (QED) is 0.366. The topological polar surface area (TPSA) is 0 Å². The van der Waals surface area contributed by atoms with Gasteiger partial charge in [-0.15, -0.1) is 0 Å². The fourth-order valence-electron chi connectivity index (χ4n) is 2.99. The minimum atomic E-state index is 1.15. The Balaban J connectivity index is 2.07. The van der Waals surface area contributed by atoms with Gasteiger partial charge in [-0.05, 0) is 27.6 Å². The molecule has 3 aromatic carbocycles. The van der Waals surface area contributed by atoms with Crippen LogP contribution in [-0.2, 0) is 6.54 Å². The SMILES string of the molecule is C[N+]1(Cc2c3ccccc3cc3ccccc23)CC1. The van der Waals surface area contributed by atoms with E-state index in [0.717, 1.165) is 6.54 Å². The van der Waals surface area contributed by atoms with Crippen LogP contribution in [0.2, 0.25) is 0 Å². The third kappa shape index (κ3) is 1.82. The largest absolute Gasteiger partial charge is 0.313 e. The van der Waals surface area contributed by atoms with Crippen molar-refractivity contribution in [3.8, 4) is 0 Å². The lowest BCUT2D eigenvalue weighted by atomic mass is 9.96. The molecule has 94 valence electrons. The summed E-state index contributed by atoms with van der Waals surface area (Å²) in [7, 11) is 2.36. The fraction of sp³-hybridized carbons (Fsp3) is 0.222. The highest BCUT2D eigenvalue weighted by Crippen LogP contribution is 2.33. The van der Waals surface area contributed by atoms with Gasteiger partial charge in [-0.25, -0.2) is 0 Å². The van der Waals surface area contributed by atoms with Crippen LogP contribution in [0.4, 0.5) is 0 Å². The number of rotatable bonds is 2. The van der Waals surface area contributed by atoms with Crippen molar-refractivity contribution in [3.63, 3.8) is 0 Å². The van der Waals surface area contributed by atoms with E-state index < -0.39 is 0 Å². The van der Waals surface area contributed by atoms with Crippen LogP contribution in [-0.4, -0.2) is 24.6 Å². The van der Waals surface area contributed by atoms with E-state index in [2.05, 4.69) is 61.6 Å². The number of fused-ring (bicyclic) bond motifs is 2. The molecule has 1 aliphatic rings. The van der Waals surface area contributed by atoms with Gasteiger partial charge in [0.1, 0.15) is 19.6 Å². The molecule has 19 heavy (non-hydrogen) atoms. The Kier molecular flexibility index (Phi) is 2.21. The Labute approximate surface area is 113 Å². The fourth-order valence-corrected chi connectivity index (χ4v) is 2.99. The monoisotopic (exact) mass is 248 g/mol. The van der Waals surface area contributed by atoms with E-state index in [0.29, 0.717) is 0 Å². The molecule has 1 nitrogen and oxygen atoms in total. The zero-order valence-electron chi connectivity index (χ0n) is 11.3. The van der Waals surface area contributed by atoms with E-state index in [1.807, 2.05) is 0 Å². The van der Waals surface area contributed by atoms with Crippen molar-refractivity contribution < 1.29 is 4.48 Å². The van der Waals surface area contributed by atoms with Crippen molar-refractivity contribution in [2.45, 2.75) is 6.54 Å². The molecule has 0 aliphatic carbocycles. The van der Waals surface area contributed by atoms with E-state index in [1.54, 1.807) is 0 Å². The van der Waals surface area contributed by atoms with Gasteiger partial charge in [0, 0.05) is 5.56 Å². The highest BCUT2D eigenvalue weighted by Gasteiger charge is 2.37. The molecule has 4 rings (SSSR count). The van der Waals surface area contributed by atoms with Crippen molar-refractivity contribution >= 4 is 21.5 Å². The van der Waals surface area contributed by atoms with Crippen molar-refractivity contribution in [3.05, 3.63) is 60.2 Å². The predicted octanol–water partition coefficient (Wildman–Crippen LogP) is 3.95. The van der Waals surface area contributed by atoms with Crippen LogP contribution < -0.4 is 0 Å². The van der Waals surface area contributed by atoms with Crippen LogP contribution in [0.3, 0.4) is 0 Å². The lowest BCUT2D eigenvalue weighted by Crippen LogP contribution is -2.19. The Morgan fingerprint density at radius 2 is 1.37 bits per heavy atom. The summed E-state index contributed by atoms with van der Waals surface area (Å²) in [5.41, 5.74) is 1.52. The smallest absolute Gasteiger partial charge is 0.129 e. The Bertz CT molecular complexity index is 715. The normalized spacial score (nSPS) is 16.9. The molecular formula is C18H18N+. The number of hydrogen-bond donors (Lipinski definition) is 0. The first-order chi connectivity index (χ1) is 9.25. The van der Waals surface area contributed by atoms with Crippen LogP contribution in [0.5, 0.6) is 0 Å². The number of likely N-dealkylation sites (N-methyl/N-ethyl adjacent to an activating group) is 1. The molecule has 3 aromatic rings. The second-order valence-electron chi connectivity index (χ2n) is 6.02. The van der Waals surface area contributed by atoms with Gasteiger partial charge in [0.2, 0.25) is 0 Å². The summed E-state index contributed by atoms with van der Waals surface area (Å²) < 4.78 is 1.19. The molecule has 0 atom stereocenters. The molecule has 0 radical (unpaired) electrons. The lowest BCUT2D eigenvalue weighted by molar-refractivity contribution is -0.791. The van der Waals surface area contributed by atoms with Crippen LogP contribution in [0.1, 0.15) is 5.56 Å². The van der Waals surface area contributed by atoms with Gasteiger partial charge < -0.3 is 4.48 Å².